The number of aromatic nitrogens is 1. The molecule has 0 amide bonds. The van der Waals surface area contributed by atoms with Crippen LogP contribution in [0.3, 0.4) is 0 Å². The number of hydrogen-bond acceptors (Lipinski definition) is 2. The summed E-state index contributed by atoms with van der Waals surface area (Å²) in [6.45, 7) is 11.1. The first-order valence-electron chi connectivity index (χ1n) is 5.61. The molecule has 0 radical (unpaired) electrons. The molecule has 1 aliphatic heterocycles. The molecule has 2 nitrogen and oxygen atoms in total. The van der Waals surface area contributed by atoms with Crippen LogP contribution < -0.4 is 5.32 Å². The topological polar surface area (TPSA) is 24.9 Å². The first kappa shape index (κ1) is 10.5. The maximum absolute atomic E-state index is 4.40. The molecule has 0 saturated carbocycles. The molecule has 0 fully saturated rings. The Hall–Kier alpha value is -1.05. The molecular formula is C13H20N2. The molecule has 1 aliphatic rings. The molecule has 0 saturated heterocycles. The van der Waals surface area contributed by atoms with Gasteiger partial charge in [0.1, 0.15) is 0 Å². The lowest BCUT2D eigenvalue weighted by molar-refractivity contribution is 0.347. The van der Waals surface area contributed by atoms with Crippen molar-refractivity contribution in [3.63, 3.8) is 0 Å². The predicted molar refractivity (Wildman–Crippen MR) is 64.3 cm³/mol. The molecule has 1 atom stereocenters. The summed E-state index contributed by atoms with van der Waals surface area (Å²) in [6, 6.07) is 0.536. The van der Waals surface area contributed by atoms with Gasteiger partial charge in [-0.05, 0) is 36.8 Å². The van der Waals surface area contributed by atoms with Crippen LogP contribution in [0.5, 0.6) is 0 Å². The number of rotatable bonds is 0. The van der Waals surface area contributed by atoms with Crippen molar-refractivity contribution in [2.75, 3.05) is 5.32 Å². The lowest BCUT2D eigenvalue weighted by atomic mass is 9.85. The maximum Gasteiger partial charge on any atom is 0.0606 e. The van der Waals surface area contributed by atoms with Crippen molar-refractivity contribution in [2.45, 2.75) is 47.1 Å². The van der Waals surface area contributed by atoms with Gasteiger partial charge in [-0.3, -0.25) is 4.98 Å². The summed E-state index contributed by atoms with van der Waals surface area (Å²) in [4.78, 5) is 4.40. The zero-order valence-electron chi connectivity index (χ0n) is 10.3. The smallest absolute Gasteiger partial charge is 0.0606 e. The number of hydrogen-bond donors (Lipinski definition) is 1. The van der Waals surface area contributed by atoms with E-state index in [1.165, 1.54) is 16.8 Å². The molecule has 1 aromatic rings. The third-order valence-electron chi connectivity index (χ3n) is 3.36. The second kappa shape index (κ2) is 3.22. The Morgan fingerprint density at radius 1 is 1.33 bits per heavy atom. The van der Waals surface area contributed by atoms with E-state index in [4.69, 9.17) is 0 Å². The van der Waals surface area contributed by atoms with Crippen LogP contribution in [0.2, 0.25) is 0 Å². The quantitative estimate of drug-likeness (QED) is 0.702. The van der Waals surface area contributed by atoms with Crippen LogP contribution in [0.25, 0.3) is 0 Å². The van der Waals surface area contributed by atoms with E-state index >= 15 is 0 Å². The maximum atomic E-state index is 4.40. The number of nitrogens with zero attached hydrogens (tertiary/aromatic N) is 1. The van der Waals surface area contributed by atoms with Gasteiger partial charge in [-0.2, -0.15) is 0 Å². The van der Waals surface area contributed by atoms with Gasteiger partial charge in [0, 0.05) is 12.2 Å². The standard InChI is InChI=1S/C13H20N2/c1-8-7-14-9(2)12-10(8)6-11(15-12)13(3,4)5/h7,11,15H,6H2,1-5H3. The minimum Gasteiger partial charge on any atom is -0.380 e. The molecule has 0 spiro atoms. The van der Waals surface area contributed by atoms with Crippen molar-refractivity contribution in [2.24, 2.45) is 5.41 Å². The van der Waals surface area contributed by atoms with Crippen molar-refractivity contribution >= 4 is 5.69 Å². The monoisotopic (exact) mass is 204 g/mol. The van der Waals surface area contributed by atoms with Crippen LogP contribution in [-0.2, 0) is 6.42 Å². The molecule has 0 aromatic carbocycles. The van der Waals surface area contributed by atoms with Crippen molar-refractivity contribution in [1.82, 2.24) is 4.98 Å². The van der Waals surface area contributed by atoms with Gasteiger partial charge in [-0.25, -0.2) is 0 Å². The zero-order chi connectivity index (χ0) is 11.2. The Kier molecular flexibility index (Phi) is 2.25. The number of nitrogens with one attached hydrogen (secondary N) is 1. The second-order valence-electron chi connectivity index (χ2n) is 5.65. The Balaban J connectivity index is 2.39. The Labute approximate surface area is 92.1 Å². The predicted octanol–water partition coefficient (Wildman–Crippen LogP) is 3.08. The van der Waals surface area contributed by atoms with Crippen molar-refractivity contribution < 1.29 is 0 Å². The summed E-state index contributed by atoms with van der Waals surface area (Å²) in [5, 5.41) is 3.62. The van der Waals surface area contributed by atoms with Gasteiger partial charge in [-0.1, -0.05) is 20.8 Å². The zero-order valence-corrected chi connectivity index (χ0v) is 10.3. The highest BCUT2D eigenvalue weighted by Crippen LogP contribution is 2.36. The van der Waals surface area contributed by atoms with Gasteiger partial charge in [0.25, 0.3) is 0 Å². The van der Waals surface area contributed by atoms with E-state index < -0.39 is 0 Å². The molecule has 0 aliphatic carbocycles. The summed E-state index contributed by atoms with van der Waals surface area (Å²) in [7, 11) is 0. The van der Waals surface area contributed by atoms with Crippen LogP contribution >= 0.6 is 0 Å². The van der Waals surface area contributed by atoms with Gasteiger partial charge >= 0.3 is 0 Å². The SMILES string of the molecule is Cc1cnc(C)c2c1CC(C(C)(C)C)N2. The number of aryl methyl sites for hydroxylation is 2. The Bertz CT molecular complexity index is 357. The number of anilines is 1. The number of pyridine rings is 1. The van der Waals surface area contributed by atoms with E-state index in [0.717, 1.165) is 12.1 Å². The summed E-state index contributed by atoms with van der Waals surface area (Å²) in [5.74, 6) is 0. The minimum absolute atomic E-state index is 0.303. The molecule has 1 unspecified atom stereocenters. The Morgan fingerprint density at radius 2 is 2.00 bits per heavy atom. The summed E-state index contributed by atoms with van der Waals surface area (Å²) >= 11 is 0. The largest absolute Gasteiger partial charge is 0.380 e. The van der Waals surface area contributed by atoms with Crippen molar-refractivity contribution in [3.8, 4) is 0 Å². The highest BCUT2D eigenvalue weighted by Gasteiger charge is 2.32. The first-order chi connectivity index (χ1) is 6.89. The summed E-state index contributed by atoms with van der Waals surface area (Å²) in [6.07, 6.45) is 3.12. The fourth-order valence-corrected chi connectivity index (χ4v) is 2.16. The van der Waals surface area contributed by atoms with Crippen LogP contribution in [0, 0.1) is 19.3 Å². The lowest BCUT2D eigenvalue weighted by Gasteiger charge is -2.27. The Morgan fingerprint density at radius 3 is 2.53 bits per heavy atom. The average Bonchev–Trinajstić information content (AvgIpc) is 2.56. The van der Waals surface area contributed by atoms with E-state index in [0.29, 0.717) is 11.5 Å². The molecule has 1 N–H and O–H groups in total. The molecule has 15 heavy (non-hydrogen) atoms. The molecule has 2 heterocycles. The van der Waals surface area contributed by atoms with Crippen LogP contribution in [0.15, 0.2) is 6.20 Å². The summed E-state index contributed by atoms with van der Waals surface area (Å²) < 4.78 is 0. The molecule has 1 aromatic heterocycles. The molecule has 82 valence electrons. The third-order valence-corrected chi connectivity index (χ3v) is 3.36. The highest BCUT2D eigenvalue weighted by molar-refractivity contribution is 5.62. The van der Waals surface area contributed by atoms with Gasteiger partial charge in [0.05, 0.1) is 11.4 Å². The third kappa shape index (κ3) is 1.73. The summed E-state index contributed by atoms with van der Waals surface area (Å²) in [5.41, 5.74) is 5.48. The fraction of sp³-hybridized carbons (Fsp3) is 0.615. The van der Waals surface area contributed by atoms with E-state index in [2.05, 4.69) is 44.9 Å². The normalized spacial score (nSPS) is 19.9. The van der Waals surface area contributed by atoms with Crippen molar-refractivity contribution in [1.29, 1.82) is 0 Å². The van der Waals surface area contributed by atoms with Gasteiger partial charge in [0.15, 0.2) is 0 Å². The van der Waals surface area contributed by atoms with Gasteiger partial charge in [0.2, 0.25) is 0 Å². The fourth-order valence-electron chi connectivity index (χ4n) is 2.16. The van der Waals surface area contributed by atoms with Crippen LogP contribution in [0.4, 0.5) is 5.69 Å². The second-order valence-corrected chi connectivity index (χ2v) is 5.65. The first-order valence-corrected chi connectivity index (χ1v) is 5.61. The lowest BCUT2D eigenvalue weighted by Crippen LogP contribution is -2.31. The van der Waals surface area contributed by atoms with E-state index in [9.17, 15) is 0 Å². The van der Waals surface area contributed by atoms with Crippen LogP contribution in [0.1, 0.15) is 37.6 Å². The average molecular weight is 204 g/mol. The minimum atomic E-state index is 0.303. The molecular weight excluding hydrogens is 184 g/mol. The molecule has 2 rings (SSSR count). The molecule has 0 bridgehead atoms. The molecule has 2 heteroatoms. The van der Waals surface area contributed by atoms with E-state index in [-0.39, 0.29) is 0 Å². The van der Waals surface area contributed by atoms with Gasteiger partial charge in [-0.15, -0.1) is 0 Å². The van der Waals surface area contributed by atoms with E-state index in [1.54, 1.807) is 0 Å². The van der Waals surface area contributed by atoms with Crippen molar-refractivity contribution in [3.05, 3.63) is 23.0 Å². The highest BCUT2D eigenvalue weighted by atomic mass is 15.0. The number of fused-ring (bicyclic) bond motifs is 1. The van der Waals surface area contributed by atoms with E-state index in [1.807, 2.05) is 6.20 Å². The van der Waals surface area contributed by atoms with Gasteiger partial charge < -0.3 is 5.32 Å². The van der Waals surface area contributed by atoms with Crippen LogP contribution in [-0.4, -0.2) is 11.0 Å².